The van der Waals surface area contributed by atoms with Crippen molar-refractivity contribution in [2.75, 3.05) is 18.0 Å². The third-order valence-electron chi connectivity index (χ3n) is 5.07. The molecular weight excluding hydrogens is 452 g/mol. The van der Waals surface area contributed by atoms with Crippen molar-refractivity contribution in [1.29, 1.82) is 0 Å². The second kappa shape index (κ2) is 11.2. The predicted molar refractivity (Wildman–Crippen MR) is 132 cm³/mol. The molecule has 0 aliphatic rings. The van der Waals surface area contributed by atoms with Gasteiger partial charge in [-0.25, -0.2) is 0 Å². The molecule has 0 bridgehead atoms. The molecule has 0 atom stereocenters. The minimum atomic E-state index is -0.265. The maximum Gasteiger partial charge on any atom is 0.293 e. The fourth-order valence-electron chi connectivity index (χ4n) is 3.38. The number of hydrogen-bond donors (Lipinski definition) is 1. The van der Waals surface area contributed by atoms with Crippen molar-refractivity contribution in [1.82, 2.24) is 5.32 Å². The third kappa shape index (κ3) is 5.85. The van der Waals surface area contributed by atoms with Crippen LogP contribution in [-0.4, -0.2) is 24.9 Å². The fraction of sp³-hybridized carbons (Fsp3) is 0.111. The van der Waals surface area contributed by atoms with Crippen molar-refractivity contribution in [3.8, 4) is 11.5 Å². The van der Waals surface area contributed by atoms with Gasteiger partial charge in [-0.2, -0.15) is 0 Å². The van der Waals surface area contributed by atoms with Crippen LogP contribution in [0.5, 0.6) is 11.5 Å². The number of halogens is 1. The zero-order valence-electron chi connectivity index (χ0n) is 18.3. The summed E-state index contributed by atoms with van der Waals surface area (Å²) >= 11 is 6.09. The van der Waals surface area contributed by atoms with Crippen LogP contribution in [0.4, 0.5) is 5.69 Å². The molecule has 0 unspecified atom stereocenters. The Morgan fingerprint density at radius 3 is 2.26 bits per heavy atom. The molecule has 0 saturated carbocycles. The highest BCUT2D eigenvalue weighted by atomic mass is 35.5. The van der Waals surface area contributed by atoms with E-state index in [0.29, 0.717) is 41.5 Å². The number of rotatable bonds is 9. The van der Waals surface area contributed by atoms with Gasteiger partial charge in [0.2, 0.25) is 0 Å². The first kappa shape index (κ1) is 23.1. The molecule has 7 heteroatoms. The quantitative estimate of drug-likeness (QED) is 0.293. The maximum atomic E-state index is 13.1. The van der Waals surface area contributed by atoms with E-state index in [4.69, 9.17) is 20.8 Å². The van der Waals surface area contributed by atoms with Crippen LogP contribution in [0, 0.1) is 0 Å². The number of anilines is 1. The van der Waals surface area contributed by atoms with E-state index >= 15 is 0 Å². The van der Waals surface area contributed by atoms with E-state index in [2.05, 4.69) is 5.32 Å². The molecular formula is C27H23ClN2O4. The van der Waals surface area contributed by atoms with Crippen LogP contribution in [-0.2, 0) is 0 Å². The van der Waals surface area contributed by atoms with Crippen molar-refractivity contribution < 1.29 is 18.7 Å². The minimum absolute atomic E-state index is 0.240. The van der Waals surface area contributed by atoms with Gasteiger partial charge in [0.1, 0.15) is 11.5 Å². The smallest absolute Gasteiger partial charge is 0.293 e. The molecule has 2 amide bonds. The number of carbonyl (C=O) groups is 2. The van der Waals surface area contributed by atoms with E-state index in [1.165, 1.54) is 6.26 Å². The van der Waals surface area contributed by atoms with Crippen molar-refractivity contribution in [2.45, 2.75) is 6.42 Å². The number of hydrogen-bond acceptors (Lipinski definition) is 4. The van der Waals surface area contributed by atoms with Crippen LogP contribution in [0.3, 0.4) is 0 Å². The Kier molecular flexibility index (Phi) is 7.63. The lowest BCUT2D eigenvalue weighted by atomic mass is 10.2. The number of benzene rings is 3. The summed E-state index contributed by atoms with van der Waals surface area (Å²) in [5.41, 5.74) is 1.11. The van der Waals surface area contributed by atoms with Gasteiger partial charge in [0.05, 0.1) is 16.8 Å². The summed E-state index contributed by atoms with van der Waals surface area (Å²) in [6, 6.07) is 26.9. The lowest BCUT2D eigenvalue weighted by Gasteiger charge is -2.22. The molecule has 3 aromatic carbocycles. The van der Waals surface area contributed by atoms with Crippen LogP contribution >= 0.6 is 11.6 Å². The average molecular weight is 475 g/mol. The summed E-state index contributed by atoms with van der Waals surface area (Å²) in [6.07, 6.45) is 2.00. The largest absolute Gasteiger partial charge is 0.459 e. The predicted octanol–water partition coefficient (Wildman–Crippen LogP) is 6.19. The number of ether oxygens (including phenoxy) is 1. The number of para-hydroxylation sites is 1. The topological polar surface area (TPSA) is 71.8 Å². The molecule has 34 heavy (non-hydrogen) atoms. The first-order chi connectivity index (χ1) is 16.6. The molecule has 0 aliphatic heterocycles. The molecule has 1 N–H and O–H groups in total. The Morgan fingerprint density at radius 1 is 0.853 bits per heavy atom. The highest BCUT2D eigenvalue weighted by molar-refractivity contribution is 6.33. The van der Waals surface area contributed by atoms with E-state index in [0.717, 1.165) is 5.75 Å². The van der Waals surface area contributed by atoms with Gasteiger partial charge < -0.3 is 19.4 Å². The van der Waals surface area contributed by atoms with Gasteiger partial charge in [-0.3, -0.25) is 9.59 Å². The molecule has 0 aliphatic carbocycles. The highest BCUT2D eigenvalue weighted by Gasteiger charge is 2.20. The standard InChI is InChI=1S/C27H23ClN2O4/c28-24-11-5-4-10-23(24)26(31)29-17-7-18-30(27(32)25-12-6-19-33-25)20-13-15-22(16-14-20)34-21-8-2-1-3-9-21/h1-6,8-16,19H,7,17-18H2,(H,29,31). The summed E-state index contributed by atoms with van der Waals surface area (Å²) < 4.78 is 11.2. The molecule has 0 spiro atoms. The molecule has 0 radical (unpaired) electrons. The average Bonchev–Trinajstić information content (AvgIpc) is 3.40. The number of amides is 2. The molecule has 6 nitrogen and oxygen atoms in total. The molecule has 1 aromatic heterocycles. The Bertz CT molecular complexity index is 1230. The normalized spacial score (nSPS) is 10.5. The number of carbonyl (C=O) groups excluding carboxylic acids is 2. The zero-order chi connectivity index (χ0) is 23.8. The van der Waals surface area contributed by atoms with Crippen LogP contribution in [0.25, 0.3) is 0 Å². The minimum Gasteiger partial charge on any atom is -0.459 e. The van der Waals surface area contributed by atoms with E-state index < -0.39 is 0 Å². The van der Waals surface area contributed by atoms with Crippen molar-refractivity contribution in [2.24, 2.45) is 0 Å². The lowest BCUT2D eigenvalue weighted by Crippen LogP contribution is -2.34. The summed E-state index contributed by atoms with van der Waals surface area (Å²) in [6.45, 7) is 0.752. The number of nitrogens with zero attached hydrogens (tertiary/aromatic N) is 1. The van der Waals surface area contributed by atoms with Crippen LogP contribution in [0.15, 0.2) is 102 Å². The van der Waals surface area contributed by atoms with Gasteiger partial charge in [0.25, 0.3) is 11.8 Å². The van der Waals surface area contributed by atoms with Gasteiger partial charge in [0, 0.05) is 18.8 Å². The second-order valence-electron chi connectivity index (χ2n) is 7.43. The van der Waals surface area contributed by atoms with Crippen molar-refractivity contribution in [3.63, 3.8) is 0 Å². The molecule has 1 heterocycles. The van der Waals surface area contributed by atoms with Gasteiger partial charge in [-0.05, 0) is 67.1 Å². The molecule has 0 saturated heterocycles. The Balaban J connectivity index is 1.42. The number of nitrogens with one attached hydrogen (secondary N) is 1. The Morgan fingerprint density at radius 2 is 1.56 bits per heavy atom. The van der Waals surface area contributed by atoms with Crippen molar-refractivity contribution >= 4 is 29.1 Å². The first-order valence-corrected chi connectivity index (χ1v) is 11.2. The lowest BCUT2D eigenvalue weighted by molar-refractivity contribution is 0.0953. The Labute approximate surface area is 202 Å². The van der Waals surface area contributed by atoms with Crippen LogP contribution in [0.2, 0.25) is 5.02 Å². The Hall–Kier alpha value is -4.03. The highest BCUT2D eigenvalue weighted by Crippen LogP contribution is 2.25. The molecule has 4 rings (SSSR count). The third-order valence-corrected chi connectivity index (χ3v) is 5.40. The zero-order valence-corrected chi connectivity index (χ0v) is 19.1. The fourth-order valence-corrected chi connectivity index (χ4v) is 3.60. The first-order valence-electron chi connectivity index (χ1n) is 10.8. The second-order valence-corrected chi connectivity index (χ2v) is 7.84. The molecule has 4 aromatic rings. The van der Waals surface area contributed by atoms with Gasteiger partial charge in [-0.15, -0.1) is 0 Å². The summed E-state index contributed by atoms with van der Waals surface area (Å²) in [4.78, 5) is 27.1. The summed E-state index contributed by atoms with van der Waals surface area (Å²) in [5.74, 6) is 1.11. The van der Waals surface area contributed by atoms with Crippen molar-refractivity contribution in [3.05, 3.63) is 114 Å². The van der Waals surface area contributed by atoms with E-state index in [-0.39, 0.29) is 17.6 Å². The van der Waals surface area contributed by atoms with E-state index in [1.54, 1.807) is 41.3 Å². The van der Waals surface area contributed by atoms with Gasteiger partial charge >= 0.3 is 0 Å². The van der Waals surface area contributed by atoms with Crippen LogP contribution in [0.1, 0.15) is 27.3 Å². The van der Waals surface area contributed by atoms with E-state index in [1.807, 2.05) is 54.6 Å². The summed E-state index contributed by atoms with van der Waals surface area (Å²) in [5, 5.41) is 3.25. The van der Waals surface area contributed by atoms with Gasteiger partial charge in [-0.1, -0.05) is 41.9 Å². The SMILES string of the molecule is O=C(NCCCN(C(=O)c1ccco1)c1ccc(Oc2ccccc2)cc1)c1ccccc1Cl. The van der Waals surface area contributed by atoms with Gasteiger partial charge in [0.15, 0.2) is 5.76 Å². The number of furan rings is 1. The van der Waals surface area contributed by atoms with E-state index in [9.17, 15) is 9.59 Å². The summed E-state index contributed by atoms with van der Waals surface area (Å²) in [7, 11) is 0. The molecule has 172 valence electrons. The monoisotopic (exact) mass is 474 g/mol. The maximum absolute atomic E-state index is 13.1. The molecule has 0 fully saturated rings. The van der Waals surface area contributed by atoms with Crippen LogP contribution < -0.4 is 15.0 Å².